The van der Waals surface area contributed by atoms with E-state index >= 15 is 0 Å². The van der Waals surface area contributed by atoms with Crippen molar-refractivity contribution in [3.05, 3.63) is 142 Å². The summed E-state index contributed by atoms with van der Waals surface area (Å²) in [5.41, 5.74) is 8.36. The summed E-state index contributed by atoms with van der Waals surface area (Å²) in [6.45, 7) is 8.22. The molecule has 43 heavy (non-hydrogen) atoms. The summed E-state index contributed by atoms with van der Waals surface area (Å²) < 4.78 is 8.12. The standard InChI is InChI=1S/C38H36N3O2/c1-4-40-33-21-18-27-13-8-9-16-32(27)36(33)38(2,3)35(40)22-19-28-14-10-15-30-23-29-17-20-31(24-34(29)43-37(28)30)41(39-42)25-26-11-6-5-7-12-26/h5-9,11-13,16-24H,4,10,14-15,25H2,1-3H3/q+1. The number of rotatable bonds is 5. The largest absolute Gasteiger partial charge is 0.456 e. The number of hydrogen-bond donors (Lipinski definition) is 0. The minimum atomic E-state index is -0.139. The summed E-state index contributed by atoms with van der Waals surface area (Å²) in [5.74, 6) is 1.71. The molecule has 0 N–H and O–H groups in total. The van der Waals surface area contributed by atoms with Crippen LogP contribution in [0.5, 0.6) is 0 Å². The van der Waals surface area contributed by atoms with Gasteiger partial charge < -0.3 is 9.32 Å². The van der Waals surface area contributed by atoms with Crippen LogP contribution in [0.15, 0.2) is 119 Å². The first kappa shape index (κ1) is 27.1. The normalized spacial score (nSPS) is 18.3. The molecule has 0 aromatic heterocycles. The van der Waals surface area contributed by atoms with Crippen molar-refractivity contribution < 1.29 is 4.42 Å². The zero-order valence-corrected chi connectivity index (χ0v) is 25.0. The third kappa shape index (κ3) is 4.69. The molecule has 5 nitrogen and oxygen atoms in total. The lowest BCUT2D eigenvalue weighted by molar-refractivity contribution is 0.523. The van der Waals surface area contributed by atoms with Crippen molar-refractivity contribution in [2.24, 2.45) is 5.29 Å². The fourth-order valence-corrected chi connectivity index (χ4v) is 7.00. The van der Waals surface area contributed by atoms with Gasteiger partial charge in [-0.3, -0.25) is 0 Å². The quantitative estimate of drug-likeness (QED) is 0.122. The van der Waals surface area contributed by atoms with Gasteiger partial charge in [0.25, 0.3) is 0 Å². The third-order valence-corrected chi connectivity index (χ3v) is 9.10. The lowest BCUT2D eigenvalue weighted by Crippen LogP contribution is -2.25. The molecule has 0 saturated heterocycles. The van der Waals surface area contributed by atoms with E-state index in [0.29, 0.717) is 6.54 Å². The number of allylic oxidation sites excluding steroid dienone is 4. The lowest BCUT2D eigenvalue weighted by Gasteiger charge is -2.26. The van der Waals surface area contributed by atoms with Crippen LogP contribution in [0.3, 0.4) is 0 Å². The van der Waals surface area contributed by atoms with Gasteiger partial charge in [-0.1, -0.05) is 85.5 Å². The molecule has 0 atom stereocenters. The Kier molecular flexibility index (Phi) is 6.81. The third-order valence-electron chi connectivity index (χ3n) is 9.10. The van der Waals surface area contributed by atoms with E-state index in [9.17, 15) is 4.91 Å². The van der Waals surface area contributed by atoms with Crippen LogP contribution in [0.25, 0.3) is 27.7 Å². The molecule has 4 aliphatic rings. The average molecular weight is 567 g/mol. The van der Waals surface area contributed by atoms with E-state index in [1.165, 1.54) is 43.5 Å². The first-order chi connectivity index (χ1) is 21.0. The number of benzene rings is 4. The van der Waals surface area contributed by atoms with Gasteiger partial charge in [-0.05, 0) is 82.6 Å². The van der Waals surface area contributed by atoms with Gasteiger partial charge >= 0.3 is 0 Å². The van der Waals surface area contributed by atoms with Gasteiger partial charge in [0.05, 0.1) is 6.07 Å². The molecule has 7 rings (SSSR count). The summed E-state index contributed by atoms with van der Waals surface area (Å²) in [5, 5.41) is 6.64. The van der Waals surface area contributed by atoms with Crippen molar-refractivity contribution in [1.82, 2.24) is 4.68 Å². The van der Waals surface area contributed by atoms with E-state index in [0.717, 1.165) is 53.8 Å². The van der Waals surface area contributed by atoms with Crippen LogP contribution in [0.4, 0.5) is 5.69 Å². The predicted octanol–water partition coefficient (Wildman–Crippen LogP) is 8.61. The van der Waals surface area contributed by atoms with Gasteiger partial charge in [-0.25, -0.2) is 0 Å². The van der Waals surface area contributed by atoms with Crippen molar-refractivity contribution in [3.8, 4) is 11.3 Å². The Bertz CT molecular complexity index is 1960. The maximum atomic E-state index is 11.8. The average Bonchev–Trinajstić information content (AvgIpc) is 3.27. The molecule has 0 fully saturated rings. The zero-order chi connectivity index (χ0) is 29.6. The van der Waals surface area contributed by atoms with E-state index in [2.05, 4.69) is 85.6 Å². The molecule has 2 aliphatic carbocycles. The molecule has 214 valence electrons. The van der Waals surface area contributed by atoms with Crippen LogP contribution >= 0.6 is 0 Å². The number of nitrogens with zero attached hydrogens (tertiary/aromatic N) is 3. The number of fused-ring (bicyclic) bond motifs is 5. The van der Waals surface area contributed by atoms with E-state index in [1.54, 1.807) is 0 Å². The molecule has 2 aliphatic heterocycles. The van der Waals surface area contributed by atoms with Crippen molar-refractivity contribution >= 4 is 22.0 Å². The second-order valence-electron chi connectivity index (χ2n) is 12.1. The Balaban J connectivity index is 1.31. The molecule has 0 saturated carbocycles. The smallest absolute Gasteiger partial charge is 0.240 e. The van der Waals surface area contributed by atoms with Crippen LogP contribution in [0.2, 0.25) is 0 Å². The first-order valence-corrected chi connectivity index (χ1v) is 15.2. The zero-order valence-electron chi connectivity index (χ0n) is 25.0. The number of anilines is 1. The predicted molar refractivity (Wildman–Crippen MR) is 176 cm³/mol. The second-order valence-corrected chi connectivity index (χ2v) is 12.1. The lowest BCUT2D eigenvalue weighted by atomic mass is 9.81. The number of hydrogen-bond acceptors (Lipinski definition) is 4. The molecule has 5 heteroatoms. The first-order valence-electron chi connectivity index (χ1n) is 15.2. The second kappa shape index (κ2) is 10.8. The SMILES string of the molecule is CCN1/C(=C/C=C2\CCCc3cc4cc/c(=[N+](\Cc5ccccc5)N=O)cc-4oc32)C(C)(C)c2c1ccc1ccccc21. The molecular weight excluding hydrogens is 530 g/mol. The van der Waals surface area contributed by atoms with Gasteiger partial charge in [0, 0.05) is 40.5 Å². The minimum absolute atomic E-state index is 0.139. The van der Waals surface area contributed by atoms with Gasteiger partial charge in [0.15, 0.2) is 0 Å². The van der Waals surface area contributed by atoms with Gasteiger partial charge in [-0.15, -0.1) is 0 Å². The Hall–Kier alpha value is -4.77. The maximum Gasteiger partial charge on any atom is 0.240 e. The Labute approximate surface area is 252 Å². The Morgan fingerprint density at radius 3 is 2.56 bits per heavy atom. The molecule has 0 amide bonds. The summed E-state index contributed by atoms with van der Waals surface area (Å²) in [6.07, 6.45) is 7.64. The van der Waals surface area contributed by atoms with Crippen LogP contribution in [-0.4, -0.2) is 6.54 Å². The van der Waals surface area contributed by atoms with Crippen molar-refractivity contribution in [3.63, 3.8) is 0 Å². The van der Waals surface area contributed by atoms with Crippen LogP contribution in [0.1, 0.15) is 56.1 Å². The monoisotopic (exact) mass is 566 g/mol. The Morgan fingerprint density at radius 1 is 0.930 bits per heavy atom. The fourth-order valence-electron chi connectivity index (χ4n) is 7.00. The molecule has 3 aromatic rings. The molecule has 3 aromatic carbocycles. The summed E-state index contributed by atoms with van der Waals surface area (Å²) in [6, 6.07) is 31.3. The van der Waals surface area contributed by atoms with Gasteiger partial charge in [0.2, 0.25) is 17.2 Å². The van der Waals surface area contributed by atoms with Crippen molar-refractivity contribution in [2.45, 2.75) is 52.0 Å². The highest BCUT2D eigenvalue weighted by Gasteiger charge is 2.40. The summed E-state index contributed by atoms with van der Waals surface area (Å²) in [4.78, 5) is 14.3. The Morgan fingerprint density at radius 2 is 1.74 bits per heavy atom. The van der Waals surface area contributed by atoms with Gasteiger partial charge in [0.1, 0.15) is 11.5 Å². The van der Waals surface area contributed by atoms with E-state index in [-0.39, 0.29) is 5.41 Å². The highest BCUT2D eigenvalue weighted by Crippen LogP contribution is 2.50. The van der Waals surface area contributed by atoms with Crippen molar-refractivity contribution in [1.29, 1.82) is 0 Å². The van der Waals surface area contributed by atoms with Crippen LogP contribution in [-0.2, 0) is 18.4 Å². The van der Waals surface area contributed by atoms with Crippen molar-refractivity contribution in [2.75, 3.05) is 11.4 Å². The molecule has 2 heterocycles. The number of aryl methyl sites for hydroxylation is 1. The highest BCUT2D eigenvalue weighted by atomic mass is 16.3. The fraction of sp³-hybridized carbons (Fsp3) is 0.237. The maximum absolute atomic E-state index is 11.8. The molecule has 0 radical (unpaired) electrons. The van der Waals surface area contributed by atoms with Crippen LogP contribution < -0.4 is 14.9 Å². The van der Waals surface area contributed by atoms with Crippen LogP contribution in [0, 0.1) is 4.91 Å². The van der Waals surface area contributed by atoms with E-state index in [4.69, 9.17) is 4.42 Å². The highest BCUT2D eigenvalue weighted by molar-refractivity contribution is 5.95. The topological polar surface area (TPSA) is 48.8 Å². The molecule has 0 unspecified atom stereocenters. The summed E-state index contributed by atoms with van der Waals surface area (Å²) >= 11 is 0. The minimum Gasteiger partial charge on any atom is -0.456 e. The summed E-state index contributed by atoms with van der Waals surface area (Å²) in [7, 11) is 0. The van der Waals surface area contributed by atoms with E-state index in [1.807, 2.05) is 48.5 Å². The molecule has 0 spiro atoms. The molecule has 0 bridgehead atoms. The van der Waals surface area contributed by atoms with E-state index < -0.39 is 0 Å². The molecular formula is C38H36N3O2+. The number of nitroso groups, excluding NO2 is 1. The van der Waals surface area contributed by atoms with Gasteiger partial charge in [-0.2, -0.15) is 0 Å². The number of likely N-dealkylation sites (N-methyl/N-ethyl adjacent to an activating group) is 1.